The largest absolute Gasteiger partial charge is 0.394 e. The first-order valence-corrected chi connectivity index (χ1v) is 12.0. The molecule has 0 unspecified atom stereocenters. The topological polar surface area (TPSA) is 77.4 Å². The number of ether oxygens (including phenoxy) is 4. The highest BCUT2D eigenvalue weighted by atomic mass is 16.6. The molecule has 4 rings (SSSR count). The first-order valence-electron chi connectivity index (χ1n) is 12.0. The molecule has 0 bridgehead atoms. The van der Waals surface area contributed by atoms with Gasteiger partial charge in [-0.1, -0.05) is 60.7 Å². The van der Waals surface area contributed by atoms with E-state index in [2.05, 4.69) is 12.1 Å². The number of fused-ring (bicyclic) bond motifs is 1. The zero-order valence-corrected chi connectivity index (χ0v) is 19.3. The van der Waals surface area contributed by atoms with Crippen LogP contribution in [0.5, 0.6) is 0 Å². The van der Waals surface area contributed by atoms with Crippen molar-refractivity contribution in [2.45, 2.75) is 81.9 Å². The average molecular weight is 457 g/mol. The van der Waals surface area contributed by atoms with Crippen molar-refractivity contribution < 1.29 is 29.2 Å². The number of hydrogen-bond acceptors (Lipinski definition) is 6. The molecular weight excluding hydrogens is 420 g/mol. The van der Waals surface area contributed by atoms with Crippen molar-refractivity contribution >= 4 is 0 Å². The Kier molecular flexibility index (Phi) is 8.52. The van der Waals surface area contributed by atoms with E-state index in [-0.39, 0.29) is 24.9 Å². The standard InChI is InChI=1S/C27H36O6/c1-27-25(31-19-21-11-6-3-7-12-21)15-22(32-26(27)16-23(29)24(17-28)33-27)13-8-14-30-18-20-9-4-2-5-10-20/h2-7,9-12,22-26,28-29H,8,13-19H2,1H3/t22-,23+,24-,25+,26-,27+/m1/s1. The lowest BCUT2D eigenvalue weighted by Gasteiger charge is -2.54. The molecular formula is C27H36O6. The van der Waals surface area contributed by atoms with Crippen molar-refractivity contribution in [3.8, 4) is 0 Å². The summed E-state index contributed by atoms with van der Waals surface area (Å²) in [4.78, 5) is 0. The second-order valence-electron chi connectivity index (χ2n) is 9.27. The van der Waals surface area contributed by atoms with E-state index >= 15 is 0 Å². The Balaban J connectivity index is 1.34. The predicted molar refractivity (Wildman–Crippen MR) is 125 cm³/mol. The highest BCUT2D eigenvalue weighted by molar-refractivity contribution is 5.14. The molecule has 33 heavy (non-hydrogen) atoms. The molecule has 2 heterocycles. The lowest BCUT2D eigenvalue weighted by molar-refractivity contribution is -0.310. The Hall–Kier alpha value is -1.80. The van der Waals surface area contributed by atoms with Crippen LogP contribution in [0.4, 0.5) is 0 Å². The number of aliphatic hydroxyl groups excluding tert-OH is 2. The fourth-order valence-electron chi connectivity index (χ4n) is 4.85. The zero-order valence-electron chi connectivity index (χ0n) is 19.3. The summed E-state index contributed by atoms with van der Waals surface area (Å²) >= 11 is 0. The molecule has 0 aliphatic carbocycles. The van der Waals surface area contributed by atoms with Crippen LogP contribution < -0.4 is 0 Å². The van der Waals surface area contributed by atoms with Crippen LogP contribution in [0.15, 0.2) is 60.7 Å². The van der Waals surface area contributed by atoms with Gasteiger partial charge in [0.25, 0.3) is 0 Å². The van der Waals surface area contributed by atoms with Gasteiger partial charge in [-0.2, -0.15) is 0 Å². The Morgan fingerprint density at radius 1 is 0.970 bits per heavy atom. The first-order chi connectivity index (χ1) is 16.1. The van der Waals surface area contributed by atoms with Gasteiger partial charge in [-0.25, -0.2) is 0 Å². The van der Waals surface area contributed by atoms with E-state index in [1.165, 1.54) is 5.56 Å². The first kappa shape index (κ1) is 24.3. The maximum absolute atomic E-state index is 10.4. The second-order valence-corrected chi connectivity index (χ2v) is 9.27. The Morgan fingerprint density at radius 2 is 1.64 bits per heavy atom. The van der Waals surface area contributed by atoms with E-state index in [4.69, 9.17) is 18.9 Å². The maximum atomic E-state index is 10.4. The summed E-state index contributed by atoms with van der Waals surface area (Å²) < 4.78 is 24.8. The summed E-state index contributed by atoms with van der Waals surface area (Å²) in [6.07, 6.45) is 0.997. The summed E-state index contributed by atoms with van der Waals surface area (Å²) in [6.45, 7) is 3.52. The molecule has 0 aromatic heterocycles. The van der Waals surface area contributed by atoms with Gasteiger partial charge < -0.3 is 29.2 Å². The maximum Gasteiger partial charge on any atom is 0.118 e. The van der Waals surface area contributed by atoms with Gasteiger partial charge in [-0.05, 0) is 30.9 Å². The number of benzene rings is 2. The molecule has 180 valence electrons. The summed E-state index contributed by atoms with van der Waals surface area (Å²) in [7, 11) is 0. The minimum absolute atomic E-state index is 0.00523. The fraction of sp³-hybridized carbons (Fsp3) is 0.556. The molecule has 0 radical (unpaired) electrons. The van der Waals surface area contributed by atoms with Gasteiger partial charge in [0, 0.05) is 19.4 Å². The molecule has 2 aliphatic rings. The van der Waals surface area contributed by atoms with Gasteiger partial charge in [-0.3, -0.25) is 0 Å². The highest BCUT2D eigenvalue weighted by Gasteiger charge is 2.55. The van der Waals surface area contributed by atoms with Gasteiger partial charge in [-0.15, -0.1) is 0 Å². The van der Waals surface area contributed by atoms with Gasteiger partial charge in [0.2, 0.25) is 0 Å². The second kappa shape index (κ2) is 11.6. The quantitative estimate of drug-likeness (QED) is 0.532. The summed E-state index contributed by atoms with van der Waals surface area (Å²) in [5.74, 6) is 0. The van der Waals surface area contributed by atoms with E-state index in [1.807, 2.05) is 55.5 Å². The van der Waals surface area contributed by atoms with Crippen LogP contribution >= 0.6 is 0 Å². The Labute approximate surface area is 196 Å². The molecule has 6 atom stereocenters. The molecule has 2 fully saturated rings. The molecule has 0 saturated carbocycles. The molecule has 2 saturated heterocycles. The van der Waals surface area contributed by atoms with Crippen molar-refractivity contribution in [1.82, 2.24) is 0 Å². The molecule has 2 aliphatic heterocycles. The van der Waals surface area contributed by atoms with Crippen LogP contribution in [-0.2, 0) is 32.2 Å². The van der Waals surface area contributed by atoms with Crippen LogP contribution in [0.3, 0.4) is 0 Å². The van der Waals surface area contributed by atoms with Gasteiger partial charge >= 0.3 is 0 Å². The summed E-state index contributed by atoms with van der Waals surface area (Å²) in [5, 5.41) is 20.1. The SMILES string of the molecule is C[C@@]12O[C@H](CO)[C@@H](O)C[C@H]1O[C@H](CCCOCc1ccccc1)C[C@@H]2OCc1ccccc1. The van der Waals surface area contributed by atoms with Gasteiger partial charge in [0.15, 0.2) is 0 Å². The van der Waals surface area contributed by atoms with Gasteiger partial charge in [0.1, 0.15) is 11.7 Å². The number of rotatable bonds is 10. The third-order valence-corrected chi connectivity index (χ3v) is 6.80. The third-order valence-electron chi connectivity index (χ3n) is 6.80. The van der Waals surface area contributed by atoms with Crippen molar-refractivity contribution in [3.63, 3.8) is 0 Å². The number of hydrogen-bond donors (Lipinski definition) is 2. The molecule has 2 aromatic rings. The van der Waals surface area contributed by atoms with Crippen molar-refractivity contribution in [1.29, 1.82) is 0 Å². The van der Waals surface area contributed by atoms with E-state index < -0.39 is 17.8 Å². The minimum atomic E-state index is -0.754. The van der Waals surface area contributed by atoms with E-state index in [0.717, 1.165) is 18.4 Å². The van der Waals surface area contributed by atoms with Crippen LogP contribution in [-0.4, -0.2) is 59.5 Å². The number of aliphatic hydroxyl groups is 2. The zero-order chi connectivity index (χ0) is 23.1. The van der Waals surface area contributed by atoms with Crippen molar-refractivity contribution in [2.24, 2.45) is 0 Å². The predicted octanol–water partition coefficient (Wildman–Crippen LogP) is 3.63. The third kappa shape index (κ3) is 6.21. The van der Waals surface area contributed by atoms with Crippen LogP contribution in [0.1, 0.15) is 43.7 Å². The van der Waals surface area contributed by atoms with E-state index in [0.29, 0.717) is 32.7 Å². The normalized spacial score (nSPS) is 31.8. The minimum Gasteiger partial charge on any atom is -0.394 e. The Bertz CT molecular complexity index is 831. The van der Waals surface area contributed by atoms with E-state index in [9.17, 15) is 10.2 Å². The van der Waals surface area contributed by atoms with Gasteiger partial charge in [0.05, 0.1) is 44.2 Å². The highest BCUT2D eigenvalue weighted by Crippen LogP contribution is 2.42. The van der Waals surface area contributed by atoms with Crippen LogP contribution in [0, 0.1) is 0 Å². The lowest BCUT2D eigenvalue weighted by atomic mass is 9.79. The molecule has 2 N–H and O–H groups in total. The van der Waals surface area contributed by atoms with Crippen LogP contribution in [0.25, 0.3) is 0 Å². The average Bonchev–Trinajstić information content (AvgIpc) is 2.84. The molecule has 0 amide bonds. The molecule has 6 heteroatoms. The molecule has 6 nitrogen and oxygen atoms in total. The Morgan fingerprint density at radius 3 is 2.30 bits per heavy atom. The smallest absolute Gasteiger partial charge is 0.118 e. The summed E-state index contributed by atoms with van der Waals surface area (Å²) in [5.41, 5.74) is 1.55. The molecule has 0 spiro atoms. The molecule has 2 aromatic carbocycles. The lowest BCUT2D eigenvalue weighted by Crippen LogP contribution is -2.66. The van der Waals surface area contributed by atoms with Crippen LogP contribution in [0.2, 0.25) is 0 Å². The van der Waals surface area contributed by atoms with Crippen molar-refractivity contribution in [2.75, 3.05) is 13.2 Å². The fourth-order valence-corrected chi connectivity index (χ4v) is 4.85. The summed E-state index contributed by atoms with van der Waals surface area (Å²) in [6, 6.07) is 20.2. The monoisotopic (exact) mass is 456 g/mol. The van der Waals surface area contributed by atoms with E-state index in [1.54, 1.807) is 0 Å². The van der Waals surface area contributed by atoms with Crippen molar-refractivity contribution in [3.05, 3.63) is 71.8 Å².